The van der Waals surface area contributed by atoms with Gasteiger partial charge >= 0.3 is 0 Å². The lowest BCUT2D eigenvalue weighted by atomic mass is 10.2. The summed E-state index contributed by atoms with van der Waals surface area (Å²) in [5.74, 6) is 0.591. The van der Waals surface area contributed by atoms with Crippen molar-refractivity contribution in [3.05, 3.63) is 16.9 Å². The molecule has 1 aliphatic rings. The van der Waals surface area contributed by atoms with Gasteiger partial charge in [-0.2, -0.15) is 0 Å². The third kappa shape index (κ3) is 2.17. The number of nitrogens with zero attached hydrogens (tertiary/aromatic N) is 3. The van der Waals surface area contributed by atoms with Gasteiger partial charge in [0, 0.05) is 24.0 Å². The van der Waals surface area contributed by atoms with Gasteiger partial charge in [0.2, 0.25) is 5.95 Å². The summed E-state index contributed by atoms with van der Waals surface area (Å²) in [7, 11) is 0. The first kappa shape index (κ1) is 10.2. The molecular weight excluding hydrogens is 265 g/mol. The maximum Gasteiger partial charge on any atom is 0.241 e. The van der Waals surface area contributed by atoms with Crippen molar-refractivity contribution < 1.29 is 0 Å². The van der Waals surface area contributed by atoms with Crippen LogP contribution in [0.5, 0.6) is 0 Å². The second-order valence-electron chi connectivity index (χ2n) is 3.43. The lowest BCUT2D eigenvalue weighted by Gasteiger charge is -2.20. The normalized spacial score (nSPS) is 17.3. The van der Waals surface area contributed by atoms with E-state index in [-0.39, 0.29) is 0 Å². The molecule has 76 valence electrons. The van der Waals surface area contributed by atoms with Crippen LogP contribution >= 0.6 is 27.7 Å². The van der Waals surface area contributed by atoms with E-state index in [0.29, 0.717) is 12.0 Å². The van der Waals surface area contributed by atoms with Crippen LogP contribution in [0.4, 0.5) is 5.95 Å². The number of anilines is 1. The van der Waals surface area contributed by atoms with Crippen molar-refractivity contribution in [2.75, 3.05) is 4.42 Å². The summed E-state index contributed by atoms with van der Waals surface area (Å²) in [6.45, 7) is 0. The molecule has 0 unspecified atom stereocenters. The van der Waals surface area contributed by atoms with Gasteiger partial charge in [-0.15, -0.1) is 0 Å². The molecule has 1 aromatic heterocycles. The number of halogens is 2. The number of hydrogen-bond donors (Lipinski definition) is 0. The average molecular weight is 277 g/mol. The summed E-state index contributed by atoms with van der Waals surface area (Å²) >= 11 is 9.47. The Bertz CT molecular complexity index is 315. The van der Waals surface area contributed by atoms with E-state index in [4.69, 9.17) is 11.8 Å². The number of rotatable bonds is 2. The van der Waals surface area contributed by atoms with Crippen LogP contribution in [0.1, 0.15) is 25.7 Å². The summed E-state index contributed by atoms with van der Waals surface area (Å²) < 4.78 is 2.43. The van der Waals surface area contributed by atoms with Crippen LogP contribution in [-0.2, 0) is 0 Å². The Morgan fingerprint density at radius 3 is 2.79 bits per heavy atom. The average Bonchev–Trinajstić information content (AvgIpc) is 2.69. The molecule has 3 nitrogen and oxygen atoms in total. The Morgan fingerprint density at radius 2 is 2.14 bits per heavy atom. The van der Waals surface area contributed by atoms with E-state index in [1.165, 1.54) is 12.8 Å². The summed E-state index contributed by atoms with van der Waals surface area (Å²) in [6, 6.07) is 2.19. The Balaban J connectivity index is 2.13. The summed E-state index contributed by atoms with van der Waals surface area (Å²) in [4.78, 5) is 8.35. The first-order chi connectivity index (χ1) is 6.77. The van der Waals surface area contributed by atoms with Crippen LogP contribution < -0.4 is 4.42 Å². The molecule has 1 aromatic rings. The van der Waals surface area contributed by atoms with Crippen molar-refractivity contribution >= 4 is 33.7 Å². The van der Waals surface area contributed by atoms with E-state index in [1.807, 2.05) is 0 Å². The molecule has 0 amide bonds. The van der Waals surface area contributed by atoms with Gasteiger partial charge in [-0.3, -0.25) is 0 Å². The summed E-state index contributed by atoms with van der Waals surface area (Å²) in [5.41, 5.74) is 0. The van der Waals surface area contributed by atoms with Crippen molar-refractivity contribution in [2.24, 2.45) is 0 Å². The molecular formula is C9H11BrClN3. The number of aromatic nitrogens is 2. The molecule has 0 aliphatic heterocycles. The zero-order valence-corrected chi connectivity index (χ0v) is 10.00. The predicted octanol–water partition coefficient (Wildman–Crippen LogP) is 3.14. The van der Waals surface area contributed by atoms with Gasteiger partial charge in [-0.25, -0.2) is 14.4 Å². The Morgan fingerprint density at radius 1 is 1.43 bits per heavy atom. The van der Waals surface area contributed by atoms with Gasteiger partial charge in [0.05, 0.1) is 0 Å². The van der Waals surface area contributed by atoms with Gasteiger partial charge < -0.3 is 0 Å². The number of hydrogen-bond acceptors (Lipinski definition) is 3. The molecule has 0 aromatic carbocycles. The predicted molar refractivity (Wildman–Crippen MR) is 60.3 cm³/mol. The first-order valence-corrected chi connectivity index (χ1v) is 5.84. The highest BCUT2D eigenvalue weighted by Gasteiger charge is 2.23. The summed E-state index contributed by atoms with van der Waals surface area (Å²) in [5, 5.41) is 0. The molecule has 1 heterocycles. The molecule has 2 rings (SSSR count). The van der Waals surface area contributed by atoms with Crippen LogP contribution in [0, 0.1) is 0 Å². The van der Waals surface area contributed by atoms with Crippen LogP contribution in [-0.4, -0.2) is 16.0 Å². The fourth-order valence-electron chi connectivity index (χ4n) is 1.72. The van der Waals surface area contributed by atoms with Crippen molar-refractivity contribution in [3.63, 3.8) is 0 Å². The highest BCUT2D eigenvalue weighted by molar-refractivity contribution is 9.10. The lowest BCUT2D eigenvalue weighted by molar-refractivity contribution is 0.690. The molecule has 1 aliphatic carbocycles. The third-order valence-electron chi connectivity index (χ3n) is 2.45. The van der Waals surface area contributed by atoms with Crippen LogP contribution in [0.15, 0.2) is 16.9 Å². The van der Waals surface area contributed by atoms with Gasteiger partial charge in [-0.1, -0.05) is 12.8 Å². The van der Waals surface area contributed by atoms with E-state index in [0.717, 1.165) is 17.4 Å². The molecule has 0 spiro atoms. The van der Waals surface area contributed by atoms with Crippen molar-refractivity contribution in [2.45, 2.75) is 31.7 Å². The van der Waals surface area contributed by atoms with E-state index in [1.54, 1.807) is 16.7 Å². The molecule has 0 radical (unpaired) electrons. The Hall–Kier alpha value is -0.350. The molecule has 0 saturated heterocycles. The lowest BCUT2D eigenvalue weighted by Crippen LogP contribution is -2.25. The largest absolute Gasteiger partial charge is 0.250 e. The van der Waals surface area contributed by atoms with E-state index >= 15 is 0 Å². The molecule has 5 heteroatoms. The fourth-order valence-corrected chi connectivity index (χ4v) is 2.28. The van der Waals surface area contributed by atoms with Crippen LogP contribution in [0.2, 0.25) is 0 Å². The third-order valence-corrected chi connectivity index (χ3v) is 3.31. The molecule has 1 saturated carbocycles. The minimum atomic E-state index is 0.394. The second-order valence-corrected chi connectivity index (χ2v) is 4.61. The van der Waals surface area contributed by atoms with E-state index < -0.39 is 0 Å². The summed E-state index contributed by atoms with van der Waals surface area (Å²) in [6.07, 6.45) is 6.49. The Labute approximate surface area is 96.7 Å². The fraction of sp³-hybridized carbons (Fsp3) is 0.556. The molecule has 14 heavy (non-hydrogen) atoms. The monoisotopic (exact) mass is 275 g/mol. The minimum absolute atomic E-state index is 0.394. The topological polar surface area (TPSA) is 29.0 Å². The first-order valence-electron chi connectivity index (χ1n) is 4.71. The minimum Gasteiger partial charge on any atom is -0.250 e. The molecule has 0 N–H and O–H groups in total. The van der Waals surface area contributed by atoms with E-state index in [9.17, 15) is 0 Å². The van der Waals surface area contributed by atoms with Gasteiger partial charge in [0.15, 0.2) is 0 Å². The van der Waals surface area contributed by atoms with Gasteiger partial charge in [0.1, 0.15) is 4.60 Å². The molecule has 1 fully saturated rings. The van der Waals surface area contributed by atoms with Crippen molar-refractivity contribution in [1.82, 2.24) is 9.97 Å². The smallest absolute Gasteiger partial charge is 0.241 e. The molecule has 0 atom stereocenters. The van der Waals surface area contributed by atoms with Gasteiger partial charge in [-0.05, 0) is 34.8 Å². The highest BCUT2D eigenvalue weighted by atomic mass is 79.9. The van der Waals surface area contributed by atoms with Crippen molar-refractivity contribution in [3.8, 4) is 0 Å². The zero-order valence-electron chi connectivity index (χ0n) is 7.66. The maximum atomic E-state index is 6.17. The second kappa shape index (κ2) is 4.45. The SMILES string of the molecule is ClN(c1nccc(Br)n1)C1CCCC1. The van der Waals surface area contributed by atoms with Gasteiger partial charge in [0.25, 0.3) is 0 Å². The quantitative estimate of drug-likeness (QED) is 0.614. The van der Waals surface area contributed by atoms with Crippen LogP contribution in [0.25, 0.3) is 0 Å². The highest BCUT2D eigenvalue weighted by Crippen LogP contribution is 2.27. The Kier molecular flexibility index (Phi) is 3.23. The van der Waals surface area contributed by atoms with Crippen molar-refractivity contribution in [1.29, 1.82) is 0 Å². The molecule has 0 bridgehead atoms. The zero-order chi connectivity index (χ0) is 9.97. The standard InChI is InChI=1S/C9H11BrClN3/c10-8-5-6-12-9(13-8)14(11)7-3-1-2-4-7/h5-7H,1-4H2. The van der Waals surface area contributed by atoms with Crippen LogP contribution in [0.3, 0.4) is 0 Å². The maximum absolute atomic E-state index is 6.17. The van der Waals surface area contributed by atoms with E-state index in [2.05, 4.69) is 25.9 Å².